The predicted molar refractivity (Wildman–Crippen MR) is 159 cm³/mol. The molecular formula is C33H54N2. The summed E-state index contributed by atoms with van der Waals surface area (Å²) < 4.78 is 0. The number of nitrogens with zero attached hydrogens (tertiary/aromatic N) is 2. The van der Waals surface area contributed by atoms with Crippen LogP contribution in [0.15, 0.2) is 76.1 Å². The van der Waals surface area contributed by atoms with Crippen molar-refractivity contribution in [3.63, 3.8) is 0 Å². The third-order valence-electron chi connectivity index (χ3n) is 7.28. The smallest absolute Gasteiger partial charge is 0.0662 e. The monoisotopic (exact) mass is 478 g/mol. The number of aliphatic imine (C=N–C) groups is 1. The van der Waals surface area contributed by atoms with Gasteiger partial charge in [-0.3, -0.25) is 4.99 Å². The Morgan fingerprint density at radius 3 is 2.43 bits per heavy atom. The van der Waals surface area contributed by atoms with Crippen LogP contribution in [0, 0.1) is 17.8 Å². The molecule has 0 amide bonds. The van der Waals surface area contributed by atoms with Crippen molar-refractivity contribution in [2.45, 2.75) is 101 Å². The summed E-state index contributed by atoms with van der Waals surface area (Å²) in [5, 5.41) is 0. The van der Waals surface area contributed by atoms with Crippen LogP contribution in [0.2, 0.25) is 0 Å². The predicted octanol–water partition coefficient (Wildman–Crippen LogP) is 9.84. The molecule has 0 spiro atoms. The summed E-state index contributed by atoms with van der Waals surface area (Å²) in [5.74, 6) is 1.67. The van der Waals surface area contributed by atoms with Gasteiger partial charge < -0.3 is 4.90 Å². The Balaban J connectivity index is 3.29. The highest BCUT2D eigenvalue weighted by Crippen LogP contribution is 2.29. The van der Waals surface area contributed by atoms with E-state index in [1.807, 2.05) is 0 Å². The first-order chi connectivity index (χ1) is 16.7. The van der Waals surface area contributed by atoms with Crippen LogP contribution in [0.4, 0.5) is 0 Å². The maximum Gasteiger partial charge on any atom is 0.0662 e. The Hall–Kier alpha value is -2.09. The van der Waals surface area contributed by atoms with Gasteiger partial charge in [-0.1, -0.05) is 84.8 Å². The first-order valence-electron chi connectivity index (χ1n) is 14.1. The number of hydrogen-bond acceptors (Lipinski definition) is 2. The Labute approximate surface area is 218 Å². The van der Waals surface area contributed by atoms with Crippen LogP contribution in [0.1, 0.15) is 101 Å². The maximum atomic E-state index is 5.24. The molecule has 0 saturated heterocycles. The van der Waals surface area contributed by atoms with Crippen molar-refractivity contribution in [2.75, 3.05) is 13.1 Å². The molecule has 0 aromatic rings. The number of allylic oxidation sites excluding steroid dienone is 8. The van der Waals surface area contributed by atoms with E-state index in [1.54, 1.807) is 0 Å². The lowest BCUT2D eigenvalue weighted by atomic mass is 9.89. The summed E-state index contributed by atoms with van der Waals surface area (Å²) >= 11 is 0. The molecule has 0 aliphatic carbocycles. The molecule has 0 saturated carbocycles. The van der Waals surface area contributed by atoms with Crippen LogP contribution in [0.3, 0.4) is 0 Å². The Kier molecular flexibility index (Phi) is 14.6. The summed E-state index contributed by atoms with van der Waals surface area (Å²) in [6, 6.07) is 0. The first kappa shape index (κ1) is 30.9. The molecule has 2 heteroatoms. The van der Waals surface area contributed by atoms with Crippen LogP contribution in [0.25, 0.3) is 0 Å². The second-order valence-corrected chi connectivity index (χ2v) is 10.4. The average molecular weight is 479 g/mol. The third-order valence-corrected chi connectivity index (χ3v) is 7.28. The van der Waals surface area contributed by atoms with E-state index in [4.69, 9.17) is 4.99 Å². The fourth-order valence-corrected chi connectivity index (χ4v) is 4.64. The van der Waals surface area contributed by atoms with Crippen LogP contribution >= 0.6 is 0 Å². The molecule has 196 valence electrons. The van der Waals surface area contributed by atoms with Gasteiger partial charge in [0.15, 0.2) is 0 Å². The Morgan fingerprint density at radius 1 is 1.17 bits per heavy atom. The van der Waals surface area contributed by atoms with Gasteiger partial charge in [0, 0.05) is 30.4 Å². The molecule has 3 unspecified atom stereocenters. The summed E-state index contributed by atoms with van der Waals surface area (Å²) in [7, 11) is 0. The SMILES string of the molecule is C=C(C)/C(=C\C(=C/C)C1=CCC(C)C(C)C(/C=C\C(=C/C)N(CCC)CC(C)CCCC)=N1)CC. The summed E-state index contributed by atoms with van der Waals surface area (Å²) in [6.07, 6.45) is 20.7. The van der Waals surface area contributed by atoms with Crippen molar-refractivity contribution in [2.24, 2.45) is 22.7 Å². The van der Waals surface area contributed by atoms with Gasteiger partial charge in [0.05, 0.1) is 5.70 Å². The van der Waals surface area contributed by atoms with Crippen molar-refractivity contribution in [1.29, 1.82) is 0 Å². The van der Waals surface area contributed by atoms with E-state index in [0.29, 0.717) is 17.8 Å². The fourth-order valence-electron chi connectivity index (χ4n) is 4.64. The molecule has 1 heterocycles. The minimum absolute atomic E-state index is 0.412. The summed E-state index contributed by atoms with van der Waals surface area (Å²) in [5.41, 5.74) is 7.21. The zero-order valence-corrected chi connectivity index (χ0v) is 24.5. The Morgan fingerprint density at radius 2 is 1.89 bits per heavy atom. The molecule has 0 radical (unpaired) electrons. The molecule has 0 aromatic heterocycles. The number of rotatable bonds is 14. The average Bonchev–Trinajstić information content (AvgIpc) is 2.97. The topological polar surface area (TPSA) is 15.6 Å². The second-order valence-electron chi connectivity index (χ2n) is 10.4. The van der Waals surface area contributed by atoms with Crippen molar-refractivity contribution < 1.29 is 0 Å². The van der Waals surface area contributed by atoms with E-state index in [2.05, 4.69) is 110 Å². The highest BCUT2D eigenvalue weighted by molar-refractivity contribution is 5.98. The lowest BCUT2D eigenvalue weighted by Crippen LogP contribution is -2.28. The van der Waals surface area contributed by atoms with E-state index < -0.39 is 0 Å². The zero-order chi connectivity index (χ0) is 26.4. The van der Waals surface area contributed by atoms with Gasteiger partial charge in [0.25, 0.3) is 0 Å². The lowest BCUT2D eigenvalue weighted by molar-refractivity contribution is 0.290. The molecule has 0 N–H and O–H groups in total. The summed E-state index contributed by atoms with van der Waals surface area (Å²) in [6.45, 7) is 26.6. The molecular weight excluding hydrogens is 424 g/mol. The standard InChI is InChI=1S/C33H54N2/c1-11-16-17-26(8)24-35(22-12-2)31(15-5)19-21-32-28(10)27(9)18-20-33(34-32)30(14-4)23-29(13-3)25(6)7/h14-15,19-21,23,26-28H,6,11-13,16-18,22,24H2,1-5,7-10H3/b21-19-,29-23-,30-14+,31-15+. The van der Waals surface area contributed by atoms with Gasteiger partial charge in [0.2, 0.25) is 0 Å². The lowest BCUT2D eigenvalue weighted by Gasteiger charge is -2.29. The molecule has 1 aliphatic rings. The minimum Gasteiger partial charge on any atom is -0.372 e. The maximum absolute atomic E-state index is 5.24. The van der Waals surface area contributed by atoms with E-state index in [-0.39, 0.29) is 0 Å². The molecule has 0 aromatic carbocycles. The number of unbranched alkanes of at least 4 members (excludes halogenated alkanes) is 1. The van der Waals surface area contributed by atoms with E-state index in [9.17, 15) is 0 Å². The molecule has 1 rings (SSSR count). The molecule has 35 heavy (non-hydrogen) atoms. The van der Waals surface area contributed by atoms with E-state index >= 15 is 0 Å². The van der Waals surface area contributed by atoms with Gasteiger partial charge in [-0.2, -0.15) is 0 Å². The first-order valence-corrected chi connectivity index (χ1v) is 14.1. The largest absolute Gasteiger partial charge is 0.372 e. The minimum atomic E-state index is 0.412. The van der Waals surface area contributed by atoms with Gasteiger partial charge in [0.1, 0.15) is 0 Å². The fraction of sp³-hybridized carbons (Fsp3) is 0.606. The van der Waals surface area contributed by atoms with Crippen LogP contribution < -0.4 is 0 Å². The highest BCUT2D eigenvalue weighted by Gasteiger charge is 2.21. The highest BCUT2D eigenvalue weighted by atomic mass is 15.1. The van der Waals surface area contributed by atoms with Crippen LogP contribution in [-0.2, 0) is 0 Å². The molecule has 1 aliphatic heterocycles. The second kappa shape index (κ2) is 16.6. The van der Waals surface area contributed by atoms with E-state index in [0.717, 1.165) is 43.6 Å². The summed E-state index contributed by atoms with van der Waals surface area (Å²) in [4.78, 5) is 7.81. The van der Waals surface area contributed by atoms with Gasteiger partial charge >= 0.3 is 0 Å². The van der Waals surface area contributed by atoms with Crippen molar-refractivity contribution >= 4 is 5.71 Å². The number of hydrogen-bond donors (Lipinski definition) is 0. The molecule has 0 bridgehead atoms. The van der Waals surface area contributed by atoms with Gasteiger partial charge in [-0.05, 0) is 87.7 Å². The van der Waals surface area contributed by atoms with Gasteiger partial charge in [-0.25, -0.2) is 0 Å². The molecule has 0 fully saturated rings. The quantitative estimate of drug-likeness (QED) is 0.227. The normalized spacial score (nSPS) is 21.0. The Bertz CT molecular complexity index is 846. The van der Waals surface area contributed by atoms with Crippen molar-refractivity contribution in [3.8, 4) is 0 Å². The van der Waals surface area contributed by atoms with Crippen molar-refractivity contribution in [3.05, 3.63) is 71.1 Å². The van der Waals surface area contributed by atoms with Gasteiger partial charge in [-0.15, -0.1) is 0 Å². The van der Waals surface area contributed by atoms with Crippen LogP contribution in [-0.4, -0.2) is 23.7 Å². The zero-order valence-electron chi connectivity index (χ0n) is 24.5. The molecule has 3 atom stereocenters. The van der Waals surface area contributed by atoms with Crippen LogP contribution in [0.5, 0.6) is 0 Å². The molecule has 2 nitrogen and oxygen atoms in total. The van der Waals surface area contributed by atoms with E-state index in [1.165, 1.54) is 41.8 Å². The van der Waals surface area contributed by atoms with Crippen molar-refractivity contribution in [1.82, 2.24) is 4.90 Å². The third kappa shape index (κ3) is 10.2.